The van der Waals surface area contributed by atoms with Crippen molar-refractivity contribution >= 4 is 27.3 Å². The predicted molar refractivity (Wildman–Crippen MR) is 74.9 cm³/mol. The Morgan fingerprint density at radius 3 is 2.94 bits per heavy atom. The van der Waals surface area contributed by atoms with Crippen molar-refractivity contribution in [2.45, 2.75) is 26.4 Å². The highest BCUT2D eigenvalue weighted by molar-refractivity contribution is 7.19. The average molecular weight is 263 g/mol. The fourth-order valence-corrected chi connectivity index (χ4v) is 2.72. The number of ether oxygens (including phenoxy) is 1. The highest BCUT2D eigenvalue weighted by Crippen LogP contribution is 2.25. The number of fused-ring (bicyclic) bond motifs is 1. The maximum Gasteiger partial charge on any atom is 0.246 e. The zero-order chi connectivity index (χ0) is 13.1. The molecule has 1 aromatic heterocycles. The zero-order valence-corrected chi connectivity index (χ0v) is 11.4. The van der Waals surface area contributed by atoms with Gasteiger partial charge in [-0.1, -0.05) is 12.1 Å². The van der Waals surface area contributed by atoms with Gasteiger partial charge < -0.3 is 10.5 Å². The van der Waals surface area contributed by atoms with E-state index in [4.69, 9.17) is 10.5 Å². The number of amides is 1. The van der Waals surface area contributed by atoms with Crippen LogP contribution >= 0.6 is 11.3 Å². The fourth-order valence-electron chi connectivity index (χ4n) is 1.82. The molecule has 0 fully saturated rings. The lowest BCUT2D eigenvalue weighted by molar-refractivity contribution is -0.128. The van der Waals surface area contributed by atoms with Gasteiger partial charge in [-0.15, -0.1) is 11.3 Å². The molecule has 18 heavy (non-hydrogen) atoms. The number of benzene rings is 1. The van der Waals surface area contributed by atoms with Crippen LogP contribution in [0.5, 0.6) is 0 Å². The van der Waals surface area contributed by atoms with Crippen LogP contribution < -0.4 is 5.73 Å². The van der Waals surface area contributed by atoms with E-state index in [1.165, 1.54) is 20.5 Å². The number of primary amides is 1. The summed E-state index contributed by atoms with van der Waals surface area (Å²) in [7, 11) is 0. The average Bonchev–Trinajstić information content (AvgIpc) is 2.68. The number of thiophene rings is 1. The fraction of sp³-hybridized carbons (Fsp3) is 0.357. The number of carbonyl (C=O) groups excluding carboxylic acids is 1. The maximum atomic E-state index is 10.8. The standard InChI is InChI=1S/C14H17NO2S/c1-9-7-12-8-11(3-4-13(12)18-9)5-6-17-10(2)14(15)16/h3-4,7-8,10H,5-6H2,1-2H3,(H2,15,16). The minimum absolute atomic E-state index is 0.418. The van der Waals surface area contributed by atoms with Crippen molar-refractivity contribution in [2.75, 3.05) is 6.61 Å². The first-order valence-electron chi connectivity index (χ1n) is 5.96. The highest BCUT2D eigenvalue weighted by atomic mass is 32.1. The van der Waals surface area contributed by atoms with Gasteiger partial charge >= 0.3 is 0 Å². The molecule has 96 valence electrons. The third-order valence-electron chi connectivity index (χ3n) is 2.86. The van der Waals surface area contributed by atoms with Gasteiger partial charge in [0, 0.05) is 9.58 Å². The molecule has 2 N–H and O–H groups in total. The van der Waals surface area contributed by atoms with Gasteiger partial charge in [0.1, 0.15) is 6.10 Å². The monoisotopic (exact) mass is 263 g/mol. The first-order chi connectivity index (χ1) is 8.56. The summed E-state index contributed by atoms with van der Waals surface area (Å²) >= 11 is 1.80. The highest BCUT2D eigenvalue weighted by Gasteiger charge is 2.08. The topological polar surface area (TPSA) is 52.3 Å². The van der Waals surface area contributed by atoms with Gasteiger partial charge in [-0.05, 0) is 43.4 Å². The third kappa shape index (κ3) is 3.09. The van der Waals surface area contributed by atoms with Crippen molar-refractivity contribution in [3.63, 3.8) is 0 Å². The van der Waals surface area contributed by atoms with Crippen LogP contribution in [0.4, 0.5) is 0 Å². The van der Waals surface area contributed by atoms with Gasteiger partial charge in [0.25, 0.3) is 0 Å². The minimum atomic E-state index is -0.517. The van der Waals surface area contributed by atoms with E-state index in [9.17, 15) is 4.79 Å². The number of hydrogen-bond acceptors (Lipinski definition) is 3. The molecule has 0 aliphatic heterocycles. The number of nitrogens with two attached hydrogens (primary N) is 1. The normalized spacial score (nSPS) is 12.8. The lowest BCUT2D eigenvalue weighted by Crippen LogP contribution is -2.28. The Hall–Kier alpha value is -1.39. The summed E-state index contributed by atoms with van der Waals surface area (Å²) in [5, 5.41) is 1.28. The molecule has 1 unspecified atom stereocenters. The van der Waals surface area contributed by atoms with E-state index in [2.05, 4.69) is 31.2 Å². The van der Waals surface area contributed by atoms with Crippen molar-refractivity contribution in [1.82, 2.24) is 0 Å². The molecule has 2 rings (SSSR count). The van der Waals surface area contributed by atoms with E-state index in [-0.39, 0.29) is 0 Å². The molecule has 1 atom stereocenters. The second kappa shape index (κ2) is 5.50. The Labute approximate surface area is 111 Å². The van der Waals surface area contributed by atoms with Crippen LogP contribution in [0, 0.1) is 6.92 Å². The van der Waals surface area contributed by atoms with Crippen LogP contribution in [0.1, 0.15) is 17.4 Å². The summed E-state index contributed by atoms with van der Waals surface area (Å²) in [5.41, 5.74) is 6.35. The summed E-state index contributed by atoms with van der Waals surface area (Å²) in [6.45, 7) is 4.30. The summed E-state index contributed by atoms with van der Waals surface area (Å²) in [5.74, 6) is -0.418. The lowest BCUT2D eigenvalue weighted by atomic mass is 10.1. The van der Waals surface area contributed by atoms with Gasteiger partial charge in [-0.25, -0.2) is 0 Å². The van der Waals surface area contributed by atoms with Crippen molar-refractivity contribution in [1.29, 1.82) is 0 Å². The van der Waals surface area contributed by atoms with Gasteiger partial charge in [-0.3, -0.25) is 4.79 Å². The van der Waals surface area contributed by atoms with E-state index in [0.717, 1.165) is 6.42 Å². The Morgan fingerprint density at radius 2 is 2.22 bits per heavy atom. The van der Waals surface area contributed by atoms with E-state index in [1.807, 2.05) is 0 Å². The number of carbonyl (C=O) groups is 1. The molecule has 0 spiro atoms. The molecular formula is C14H17NO2S. The van der Waals surface area contributed by atoms with Gasteiger partial charge in [-0.2, -0.15) is 0 Å². The molecule has 0 saturated carbocycles. The SMILES string of the molecule is Cc1cc2cc(CCOC(C)C(N)=O)ccc2s1. The van der Waals surface area contributed by atoms with Crippen molar-refractivity contribution in [3.05, 3.63) is 34.7 Å². The maximum absolute atomic E-state index is 10.8. The first-order valence-corrected chi connectivity index (χ1v) is 6.78. The smallest absolute Gasteiger partial charge is 0.246 e. The molecule has 1 aromatic carbocycles. The summed E-state index contributed by atoms with van der Waals surface area (Å²) < 4.78 is 6.66. The van der Waals surface area contributed by atoms with E-state index in [1.54, 1.807) is 18.3 Å². The Balaban J connectivity index is 1.97. The predicted octanol–water partition coefficient (Wildman–Crippen LogP) is 2.64. The lowest BCUT2D eigenvalue weighted by Gasteiger charge is -2.09. The Morgan fingerprint density at radius 1 is 1.44 bits per heavy atom. The van der Waals surface area contributed by atoms with Gasteiger partial charge in [0.2, 0.25) is 5.91 Å². The third-order valence-corrected chi connectivity index (χ3v) is 3.89. The number of rotatable bonds is 5. The molecule has 0 saturated heterocycles. The molecular weight excluding hydrogens is 246 g/mol. The van der Waals surface area contributed by atoms with Crippen molar-refractivity contribution in [2.24, 2.45) is 5.73 Å². The van der Waals surface area contributed by atoms with Gasteiger partial charge in [0.05, 0.1) is 6.61 Å². The van der Waals surface area contributed by atoms with Crippen LogP contribution in [-0.4, -0.2) is 18.6 Å². The summed E-state index contributed by atoms with van der Waals surface area (Å²) in [6, 6.07) is 8.62. The van der Waals surface area contributed by atoms with Crippen molar-refractivity contribution in [3.8, 4) is 0 Å². The molecule has 4 heteroatoms. The summed E-state index contributed by atoms with van der Waals surface area (Å²) in [4.78, 5) is 12.1. The Bertz CT molecular complexity index is 562. The van der Waals surface area contributed by atoms with Crippen LogP contribution in [0.25, 0.3) is 10.1 Å². The second-order valence-electron chi connectivity index (χ2n) is 4.39. The Kier molecular flexibility index (Phi) is 3.99. The van der Waals surface area contributed by atoms with E-state index >= 15 is 0 Å². The molecule has 0 bridgehead atoms. The second-order valence-corrected chi connectivity index (χ2v) is 5.68. The van der Waals surface area contributed by atoms with Crippen LogP contribution in [0.15, 0.2) is 24.3 Å². The first kappa shape index (κ1) is 13.1. The number of hydrogen-bond donors (Lipinski definition) is 1. The largest absolute Gasteiger partial charge is 0.368 e. The number of aryl methyl sites for hydroxylation is 1. The van der Waals surface area contributed by atoms with Crippen LogP contribution in [0.2, 0.25) is 0 Å². The molecule has 0 aliphatic rings. The summed E-state index contributed by atoms with van der Waals surface area (Å²) in [6.07, 6.45) is 0.278. The van der Waals surface area contributed by atoms with E-state index < -0.39 is 12.0 Å². The molecule has 3 nitrogen and oxygen atoms in total. The van der Waals surface area contributed by atoms with Gasteiger partial charge in [0.15, 0.2) is 0 Å². The molecule has 0 aliphatic carbocycles. The van der Waals surface area contributed by atoms with Crippen LogP contribution in [-0.2, 0) is 16.0 Å². The molecule has 1 heterocycles. The zero-order valence-electron chi connectivity index (χ0n) is 10.6. The molecule has 0 radical (unpaired) electrons. The van der Waals surface area contributed by atoms with Crippen molar-refractivity contribution < 1.29 is 9.53 Å². The molecule has 2 aromatic rings. The molecule has 1 amide bonds. The van der Waals surface area contributed by atoms with Crippen LogP contribution in [0.3, 0.4) is 0 Å². The quantitative estimate of drug-likeness (QED) is 0.901. The van der Waals surface area contributed by atoms with E-state index in [0.29, 0.717) is 6.61 Å². The minimum Gasteiger partial charge on any atom is -0.368 e.